The number of rotatable bonds is 7. The van der Waals surface area contributed by atoms with Crippen LogP contribution in [0.4, 0.5) is 0 Å². The summed E-state index contributed by atoms with van der Waals surface area (Å²) in [6.07, 6.45) is 10.0. The smallest absolute Gasteiger partial charge is 0.0725 e. The van der Waals surface area contributed by atoms with Gasteiger partial charge in [0, 0.05) is 22.4 Å². The molecule has 0 saturated carbocycles. The molecule has 302 valence electrons. The van der Waals surface area contributed by atoms with Crippen LogP contribution in [0.25, 0.3) is 72.0 Å². The van der Waals surface area contributed by atoms with Crippen LogP contribution < -0.4 is 0 Å². The van der Waals surface area contributed by atoms with Crippen LogP contribution in [0.1, 0.15) is 52.1 Å². The Morgan fingerprint density at radius 3 is 1.78 bits per heavy atom. The van der Waals surface area contributed by atoms with Gasteiger partial charge in [-0.3, -0.25) is 0 Å². The lowest BCUT2D eigenvalue weighted by atomic mass is 9.70. The molecule has 0 aliphatic heterocycles. The monoisotopic (exact) mass is 815 g/mol. The topological polar surface area (TPSA) is 4.93 Å². The molecule has 0 N–H and O–H groups in total. The van der Waals surface area contributed by atoms with Crippen molar-refractivity contribution in [3.8, 4) is 50.2 Å². The summed E-state index contributed by atoms with van der Waals surface area (Å²) in [5.41, 5.74) is 23.5. The zero-order chi connectivity index (χ0) is 42.2. The molecule has 1 atom stereocenters. The van der Waals surface area contributed by atoms with Crippen LogP contribution in [0.3, 0.4) is 0 Å². The van der Waals surface area contributed by atoms with Gasteiger partial charge in [0.2, 0.25) is 0 Å². The predicted octanol–water partition coefficient (Wildman–Crippen LogP) is 16.1. The Kier molecular flexibility index (Phi) is 8.46. The summed E-state index contributed by atoms with van der Waals surface area (Å²) < 4.78 is 2.39. The van der Waals surface area contributed by atoms with Crippen LogP contribution in [0.2, 0.25) is 0 Å². The average Bonchev–Trinajstić information content (AvgIpc) is 3.98. The normalized spacial score (nSPS) is 14.6. The lowest BCUT2D eigenvalue weighted by Crippen LogP contribution is -2.26. The fraction of sp³-hybridized carbons (Fsp3) is 0.0794. The average molecular weight is 816 g/mol. The van der Waals surface area contributed by atoms with Crippen molar-refractivity contribution in [2.45, 2.75) is 30.6 Å². The molecule has 0 bridgehead atoms. The second kappa shape index (κ2) is 14.7. The molecule has 64 heavy (non-hydrogen) atoms. The van der Waals surface area contributed by atoms with E-state index in [1.54, 1.807) is 0 Å². The first-order valence-corrected chi connectivity index (χ1v) is 22.8. The van der Waals surface area contributed by atoms with E-state index in [0.717, 1.165) is 19.3 Å². The third-order valence-corrected chi connectivity index (χ3v) is 14.5. The molecule has 3 aliphatic rings. The summed E-state index contributed by atoms with van der Waals surface area (Å²) >= 11 is 0. The second-order valence-electron chi connectivity index (χ2n) is 17.8. The van der Waals surface area contributed by atoms with Crippen LogP contribution in [0.5, 0.6) is 0 Å². The van der Waals surface area contributed by atoms with Crippen molar-refractivity contribution >= 4 is 21.8 Å². The van der Waals surface area contributed by atoms with Crippen LogP contribution in [-0.2, 0) is 11.8 Å². The summed E-state index contributed by atoms with van der Waals surface area (Å²) in [5.74, 6) is 0.214. The molecule has 13 rings (SSSR count). The fourth-order valence-corrected chi connectivity index (χ4v) is 11.8. The van der Waals surface area contributed by atoms with Crippen LogP contribution in [-0.4, -0.2) is 4.57 Å². The van der Waals surface area contributed by atoms with Gasteiger partial charge in [-0.25, -0.2) is 0 Å². The quantitative estimate of drug-likeness (QED) is 0.151. The molecule has 10 aromatic rings. The van der Waals surface area contributed by atoms with Crippen molar-refractivity contribution < 1.29 is 0 Å². The number of aromatic nitrogens is 1. The van der Waals surface area contributed by atoms with E-state index in [2.05, 4.69) is 235 Å². The number of hydrogen-bond acceptors (Lipinski definition) is 0. The van der Waals surface area contributed by atoms with Gasteiger partial charge in [0.15, 0.2) is 0 Å². The largest absolute Gasteiger partial charge is 0.309 e. The van der Waals surface area contributed by atoms with Crippen molar-refractivity contribution in [2.24, 2.45) is 0 Å². The molecule has 3 aliphatic carbocycles. The van der Waals surface area contributed by atoms with Gasteiger partial charge in [-0.1, -0.05) is 200 Å². The summed E-state index contributed by atoms with van der Waals surface area (Å²) in [6, 6.07) is 79.7. The van der Waals surface area contributed by atoms with Gasteiger partial charge in [-0.2, -0.15) is 0 Å². The van der Waals surface area contributed by atoms with E-state index in [0.29, 0.717) is 0 Å². The predicted molar refractivity (Wildman–Crippen MR) is 267 cm³/mol. The minimum atomic E-state index is -0.352. The van der Waals surface area contributed by atoms with Crippen molar-refractivity contribution in [1.29, 1.82) is 0 Å². The molecule has 1 unspecified atom stereocenters. The van der Waals surface area contributed by atoms with Gasteiger partial charge in [0.1, 0.15) is 0 Å². The Labute approximate surface area is 375 Å². The van der Waals surface area contributed by atoms with E-state index < -0.39 is 0 Å². The first-order chi connectivity index (χ1) is 31.8. The highest BCUT2D eigenvalue weighted by atomic mass is 15.0. The van der Waals surface area contributed by atoms with Crippen LogP contribution in [0, 0.1) is 0 Å². The summed E-state index contributed by atoms with van der Waals surface area (Å²) in [7, 11) is 0. The number of nitrogens with zero attached hydrogens (tertiary/aromatic N) is 1. The second-order valence-corrected chi connectivity index (χ2v) is 17.8. The lowest BCUT2D eigenvalue weighted by Gasteiger charge is -2.31. The van der Waals surface area contributed by atoms with Gasteiger partial charge >= 0.3 is 0 Å². The van der Waals surface area contributed by atoms with Crippen molar-refractivity contribution in [3.63, 3.8) is 0 Å². The molecule has 1 spiro atoms. The highest BCUT2D eigenvalue weighted by Gasteiger charge is 2.51. The highest BCUT2D eigenvalue weighted by molar-refractivity contribution is 6.10. The van der Waals surface area contributed by atoms with Crippen LogP contribution in [0.15, 0.2) is 236 Å². The van der Waals surface area contributed by atoms with E-state index in [9.17, 15) is 0 Å². The molecule has 1 heteroatoms. The van der Waals surface area contributed by atoms with Gasteiger partial charge in [0.25, 0.3) is 0 Å². The zero-order valence-electron chi connectivity index (χ0n) is 35.6. The van der Waals surface area contributed by atoms with E-state index in [1.807, 2.05) is 0 Å². The maximum absolute atomic E-state index is 2.58. The standard InChI is InChI=1S/C63H45N/c1-3-18-43(19-4-1)55(38-42-34-36-53-52-28-11-15-32-59(52)63(60(53)39-42)57-30-13-9-26-50(57)51-27-10-14-31-58(51)63)49-25-8-7-24-48(49)46-21-17-20-44(40-46)45-35-37-62-56(41-45)54-29-12-16-33-61(54)64(62)47-22-5-2-6-23-47/h1-3,5-18,20-37,39-41,55H,4,19,38H2. The Morgan fingerprint density at radius 2 is 1.05 bits per heavy atom. The maximum Gasteiger partial charge on any atom is 0.0725 e. The van der Waals surface area contributed by atoms with Crippen molar-refractivity contribution in [3.05, 3.63) is 270 Å². The number of allylic oxidation sites excluding steroid dienone is 4. The van der Waals surface area contributed by atoms with E-state index in [1.165, 1.54) is 111 Å². The highest BCUT2D eigenvalue weighted by Crippen LogP contribution is 2.63. The summed E-state index contributed by atoms with van der Waals surface area (Å²) in [4.78, 5) is 0. The molecule has 1 nitrogen and oxygen atoms in total. The molecule has 1 heterocycles. The number of fused-ring (bicyclic) bond motifs is 13. The van der Waals surface area contributed by atoms with Gasteiger partial charge < -0.3 is 4.57 Å². The third kappa shape index (κ3) is 5.50. The van der Waals surface area contributed by atoms with E-state index in [4.69, 9.17) is 0 Å². The Hall–Kier alpha value is -7.74. The minimum absolute atomic E-state index is 0.214. The van der Waals surface area contributed by atoms with Crippen LogP contribution >= 0.6 is 0 Å². The SMILES string of the molecule is C1=CCCC(C(Cc2ccc3c(c2)C2(c4ccccc4-c4ccccc42)c2ccccc2-3)c2ccccc2-c2cccc(-c3ccc4c(c3)c3ccccc3n4-c3ccccc3)c2)=C1. The minimum Gasteiger partial charge on any atom is -0.309 e. The Morgan fingerprint density at radius 1 is 0.438 bits per heavy atom. The molecule has 0 fully saturated rings. The zero-order valence-corrected chi connectivity index (χ0v) is 35.6. The first-order valence-electron chi connectivity index (χ1n) is 22.8. The molecule has 1 aromatic heterocycles. The van der Waals surface area contributed by atoms with Crippen molar-refractivity contribution in [1.82, 2.24) is 4.57 Å². The Balaban J connectivity index is 0.923. The third-order valence-electron chi connectivity index (χ3n) is 14.5. The van der Waals surface area contributed by atoms with Crippen molar-refractivity contribution in [2.75, 3.05) is 0 Å². The maximum atomic E-state index is 2.58. The number of hydrogen-bond donors (Lipinski definition) is 0. The van der Waals surface area contributed by atoms with Gasteiger partial charge in [0.05, 0.1) is 16.4 Å². The molecule has 0 radical (unpaired) electrons. The van der Waals surface area contributed by atoms with Gasteiger partial charge in [-0.05, 0) is 134 Å². The van der Waals surface area contributed by atoms with E-state index >= 15 is 0 Å². The summed E-state index contributed by atoms with van der Waals surface area (Å²) in [6.45, 7) is 0. The number of para-hydroxylation sites is 2. The first kappa shape index (κ1) is 36.9. The number of benzene rings is 9. The van der Waals surface area contributed by atoms with Gasteiger partial charge in [-0.15, -0.1) is 0 Å². The lowest BCUT2D eigenvalue weighted by molar-refractivity contribution is 0.728. The molecular weight excluding hydrogens is 771 g/mol. The molecular formula is C63H45N. The molecule has 0 saturated heterocycles. The molecule has 9 aromatic carbocycles. The fourth-order valence-electron chi connectivity index (χ4n) is 11.8. The summed E-state index contributed by atoms with van der Waals surface area (Å²) in [5, 5.41) is 2.54. The van der Waals surface area contributed by atoms with E-state index in [-0.39, 0.29) is 11.3 Å². The molecule has 0 amide bonds. The Bertz CT molecular complexity index is 3480.